The van der Waals surface area contributed by atoms with Crippen LogP contribution in [-0.4, -0.2) is 16.6 Å². The Bertz CT molecular complexity index is 627. The van der Waals surface area contributed by atoms with Crippen LogP contribution in [0.2, 0.25) is 0 Å². The normalized spacial score (nSPS) is 14.6. The molecule has 0 aliphatic carbocycles. The van der Waals surface area contributed by atoms with Gasteiger partial charge >= 0.3 is 0 Å². The topological polar surface area (TPSA) is 47.0 Å². The fourth-order valence-electron chi connectivity index (χ4n) is 2.75. The highest BCUT2D eigenvalue weighted by Gasteiger charge is 2.15. The molecule has 0 spiro atoms. The minimum absolute atomic E-state index is 0.339. The van der Waals surface area contributed by atoms with Crippen LogP contribution < -0.4 is 10.1 Å². The molecule has 2 heterocycles. The van der Waals surface area contributed by atoms with Crippen LogP contribution in [0.5, 0.6) is 5.75 Å². The highest BCUT2D eigenvalue weighted by atomic mass is 16.5. The van der Waals surface area contributed by atoms with E-state index in [2.05, 4.69) is 40.4 Å². The van der Waals surface area contributed by atoms with Crippen molar-refractivity contribution in [2.75, 3.05) is 6.61 Å². The van der Waals surface area contributed by atoms with E-state index < -0.39 is 0 Å². The highest BCUT2D eigenvalue weighted by Crippen LogP contribution is 2.29. The molecule has 1 aromatic heterocycles. The Balaban J connectivity index is 1.70. The molecule has 4 nitrogen and oxygen atoms in total. The monoisotopic (exact) mass is 283 g/mol. The van der Waals surface area contributed by atoms with Crippen molar-refractivity contribution < 1.29 is 4.74 Å². The molecule has 1 aliphatic rings. The van der Waals surface area contributed by atoms with Gasteiger partial charge in [0.05, 0.1) is 12.3 Å². The van der Waals surface area contributed by atoms with Gasteiger partial charge in [-0.25, -0.2) is 9.97 Å². The van der Waals surface area contributed by atoms with E-state index in [1.807, 2.05) is 19.2 Å². The van der Waals surface area contributed by atoms with Crippen molar-refractivity contribution in [3.63, 3.8) is 0 Å². The van der Waals surface area contributed by atoms with Gasteiger partial charge in [-0.15, -0.1) is 0 Å². The summed E-state index contributed by atoms with van der Waals surface area (Å²) < 4.78 is 5.57. The summed E-state index contributed by atoms with van der Waals surface area (Å²) in [7, 11) is 0. The fourth-order valence-corrected chi connectivity index (χ4v) is 2.75. The Morgan fingerprint density at radius 3 is 3.05 bits per heavy atom. The van der Waals surface area contributed by atoms with Crippen molar-refractivity contribution in [3.05, 3.63) is 53.1 Å². The number of nitrogens with one attached hydrogen (secondary N) is 1. The predicted octanol–water partition coefficient (Wildman–Crippen LogP) is 2.96. The van der Waals surface area contributed by atoms with Crippen LogP contribution in [-0.2, 0) is 13.0 Å². The van der Waals surface area contributed by atoms with Gasteiger partial charge in [0.25, 0.3) is 0 Å². The zero-order valence-corrected chi connectivity index (χ0v) is 12.6. The average molecular weight is 283 g/mol. The molecular weight excluding hydrogens is 262 g/mol. The maximum Gasteiger partial charge on any atom is 0.125 e. The number of aryl methyl sites for hydroxylation is 1. The Morgan fingerprint density at radius 2 is 2.24 bits per heavy atom. The summed E-state index contributed by atoms with van der Waals surface area (Å²) >= 11 is 0. The summed E-state index contributed by atoms with van der Waals surface area (Å²) in [5.41, 5.74) is 3.68. The number of benzene rings is 1. The van der Waals surface area contributed by atoms with Gasteiger partial charge in [-0.3, -0.25) is 0 Å². The zero-order chi connectivity index (χ0) is 14.7. The van der Waals surface area contributed by atoms with Crippen LogP contribution in [0.1, 0.15) is 42.0 Å². The fraction of sp³-hybridized carbons (Fsp3) is 0.412. The number of hydrogen-bond acceptors (Lipinski definition) is 4. The molecule has 0 amide bonds. The molecule has 2 aromatic rings. The van der Waals surface area contributed by atoms with E-state index in [-0.39, 0.29) is 0 Å². The van der Waals surface area contributed by atoms with Crippen molar-refractivity contribution in [3.8, 4) is 5.75 Å². The van der Waals surface area contributed by atoms with Crippen LogP contribution in [0.15, 0.2) is 30.5 Å². The third kappa shape index (κ3) is 3.22. The van der Waals surface area contributed by atoms with Crippen molar-refractivity contribution in [2.24, 2.45) is 0 Å². The quantitative estimate of drug-likeness (QED) is 0.916. The number of nitrogens with zero attached hydrogens (tertiary/aromatic N) is 2. The van der Waals surface area contributed by atoms with Gasteiger partial charge in [0.1, 0.15) is 11.6 Å². The lowest BCUT2D eigenvalue weighted by molar-refractivity contribution is 0.356. The van der Waals surface area contributed by atoms with Gasteiger partial charge in [0.15, 0.2) is 0 Å². The van der Waals surface area contributed by atoms with E-state index in [4.69, 9.17) is 4.74 Å². The molecule has 1 aliphatic heterocycles. The predicted molar refractivity (Wildman–Crippen MR) is 82.3 cm³/mol. The maximum absolute atomic E-state index is 5.57. The molecule has 3 rings (SSSR count). The lowest BCUT2D eigenvalue weighted by Gasteiger charge is -2.18. The van der Waals surface area contributed by atoms with E-state index in [0.29, 0.717) is 6.04 Å². The van der Waals surface area contributed by atoms with E-state index in [1.54, 1.807) is 0 Å². The minimum atomic E-state index is 0.339. The van der Waals surface area contributed by atoms with Crippen molar-refractivity contribution in [1.82, 2.24) is 15.3 Å². The highest BCUT2D eigenvalue weighted by molar-refractivity contribution is 5.40. The lowest BCUT2D eigenvalue weighted by atomic mass is 10.0. The summed E-state index contributed by atoms with van der Waals surface area (Å²) in [6.45, 7) is 5.69. The molecule has 21 heavy (non-hydrogen) atoms. The second-order valence-electron chi connectivity index (χ2n) is 5.40. The summed E-state index contributed by atoms with van der Waals surface area (Å²) in [6.07, 6.45) is 3.88. The molecule has 0 saturated carbocycles. The number of ether oxygens (including phenoxy) is 1. The van der Waals surface area contributed by atoms with Gasteiger partial charge < -0.3 is 10.1 Å². The van der Waals surface area contributed by atoms with E-state index in [9.17, 15) is 0 Å². The van der Waals surface area contributed by atoms with E-state index >= 15 is 0 Å². The number of rotatable bonds is 5. The average Bonchev–Trinajstić information content (AvgIpc) is 2.95. The Hall–Kier alpha value is -1.94. The molecule has 0 bridgehead atoms. The number of hydrogen-bond donors (Lipinski definition) is 1. The molecule has 0 radical (unpaired) electrons. The van der Waals surface area contributed by atoms with E-state index in [1.165, 1.54) is 11.1 Å². The summed E-state index contributed by atoms with van der Waals surface area (Å²) in [6, 6.07) is 8.83. The van der Waals surface area contributed by atoms with Gasteiger partial charge in [-0.1, -0.05) is 19.1 Å². The van der Waals surface area contributed by atoms with Gasteiger partial charge in [-0.05, 0) is 36.6 Å². The first-order valence-electron chi connectivity index (χ1n) is 7.54. The maximum atomic E-state index is 5.57. The molecule has 1 aromatic carbocycles. The first kappa shape index (κ1) is 14.0. The van der Waals surface area contributed by atoms with E-state index in [0.717, 1.165) is 43.3 Å². The summed E-state index contributed by atoms with van der Waals surface area (Å²) in [5.74, 6) is 1.86. The van der Waals surface area contributed by atoms with Gasteiger partial charge in [-0.2, -0.15) is 0 Å². The standard InChI is InChI=1S/C17H21N3O/c1-3-16(19-11-15-6-8-18-12(2)20-15)13-4-5-17-14(10-13)7-9-21-17/h4-6,8,10,16,19H,3,7,9,11H2,1-2H3. The molecule has 0 fully saturated rings. The molecule has 4 heteroatoms. The first-order valence-corrected chi connectivity index (χ1v) is 7.54. The molecule has 0 saturated heterocycles. The van der Waals surface area contributed by atoms with Crippen molar-refractivity contribution in [1.29, 1.82) is 0 Å². The molecular formula is C17H21N3O. The second-order valence-corrected chi connectivity index (χ2v) is 5.40. The van der Waals surface area contributed by atoms with Crippen molar-refractivity contribution in [2.45, 2.75) is 39.3 Å². The molecule has 1 unspecified atom stereocenters. The second kappa shape index (κ2) is 6.22. The minimum Gasteiger partial charge on any atom is -0.493 e. The molecule has 1 atom stereocenters. The smallest absolute Gasteiger partial charge is 0.125 e. The van der Waals surface area contributed by atoms with Crippen LogP contribution in [0.25, 0.3) is 0 Å². The van der Waals surface area contributed by atoms with Crippen LogP contribution in [0.4, 0.5) is 0 Å². The Morgan fingerprint density at radius 1 is 1.33 bits per heavy atom. The SMILES string of the molecule is CCC(NCc1ccnc(C)n1)c1ccc2c(c1)CCO2. The van der Waals surface area contributed by atoms with Gasteiger partial charge in [0.2, 0.25) is 0 Å². The summed E-state index contributed by atoms with van der Waals surface area (Å²) in [4.78, 5) is 8.57. The first-order chi connectivity index (χ1) is 10.3. The number of aromatic nitrogens is 2. The third-order valence-electron chi connectivity index (χ3n) is 3.89. The Labute approximate surface area is 125 Å². The van der Waals surface area contributed by atoms with Crippen LogP contribution >= 0.6 is 0 Å². The molecule has 1 N–H and O–H groups in total. The third-order valence-corrected chi connectivity index (χ3v) is 3.89. The van der Waals surface area contributed by atoms with Crippen LogP contribution in [0, 0.1) is 6.92 Å². The van der Waals surface area contributed by atoms with Crippen molar-refractivity contribution >= 4 is 0 Å². The number of fused-ring (bicyclic) bond motifs is 1. The van der Waals surface area contributed by atoms with Crippen LogP contribution in [0.3, 0.4) is 0 Å². The molecule has 110 valence electrons. The summed E-state index contributed by atoms with van der Waals surface area (Å²) in [5, 5.41) is 3.59. The van der Waals surface area contributed by atoms with Gasteiger partial charge in [0, 0.05) is 25.2 Å². The lowest BCUT2D eigenvalue weighted by Crippen LogP contribution is -2.21. The Kier molecular flexibility index (Phi) is 4.15. The largest absolute Gasteiger partial charge is 0.493 e. The zero-order valence-electron chi connectivity index (χ0n) is 12.6.